The van der Waals surface area contributed by atoms with E-state index in [1.54, 1.807) is 12.1 Å². The van der Waals surface area contributed by atoms with Crippen LogP contribution in [0, 0.1) is 5.82 Å². The largest absolute Gasteiger partial charge is 0.368 e. The van der Waals surface area contributed by atoms with Crippen molar-refractivity contribution in [2.45, 2.75) is 38.6 Å². The molecule has 0 aliphatic rings. The van der Waals surface area contributed by atoms with E-state index in [0.717, 1.165) is 24.9 Å². The van der Waals surface area contributed by atoms with Gasteiger partial charge in [-0.1, -0.05) is 26.3 Å². The zero-order chi connectivity index (χ0) is 12.9. The molecule has 1 aromatic rings. The van der Waals surface area contributed by atoms with Gasteiger partial charge in [-0.05, 0) is 31.0 Å². The van der Waals surface area contributed by atoms with Gasteiger partial charge >= 0.3 is 0 Å². The lowest BCUT2D eigenvalue weighted by atomic mass is 9.88. The SMILES string of the molecule is CCCC(CC)(CN)N(C)c1cccc(F)c1. The van der Waals surface area contributed by atoms with Crippen molar-refractivity contribution in [3.8, 4) is 0 Å². The maximum Gasteiger partial charge on any atom is 0.125 e. The summed E-state index contributed by atoms with van der Waals surface area (Å²) in [6.45, 7) is 4.88. The molecule has 0 saturated heterocycles. The maximum absolute atomic E-state index is 13.3. The number of halogens is 1. The molecule has 3 heteroatoms. The standard InChI is InChI=1S/C14H23FN2/c1-4-9-14(5-2,11-16)17(3)13-8-6-7-12(15)10-13/h6-8,10H,4-5,9,11,16H2,1-3H3. The summed E-state index contributed by atoms with van der Waals surface area (Å²) in [7, 11) is 2.00. The number of hydrogen-bond donors (Lipinski definition) is 1. The van der Waals surface area contributed by atoms with Gasteiger partial charge in [-0.3, -0.25) is 0 Å². The number of benzene rings is 1. The molecule has 0 heterocycles. The number of rotatable bonds is 6. The monoisotopic (exact) mass is 238 g/mol. The van der Waals surface area contributed by atoms with Crippen LogP contribution in [-0.4, -0.2) is 19.1 Å². The molecule has 1 unspecified atom stereocenters. The molecule has 0 aliphatic carbocycles. The lowest BCUT2D eigenvalue weighted by molar-refractivity contribution is 0.366. The van der Waals surface area contributed by atoms with E-state index in [-0.39, 0.29) is 11.4 Å². The van der Waals surface area contributed by atoms with Crippen LogP contribution >= 0.6 is 0 Å². The highest BCUT2D eigenvalue weighted by Crippen LogP contribution is 2.29. The van der Waals surface area contributed by atoms with E-state index < -0.39 is 0 Å². The Balaban J connectivity index is 3.02. The summed E-state index contributed by atoms with van der Waals surface area (Å²) in [5.41, 5.74) is 6.77. The predicted octanol–water partition coefficient (Wildman–Crippen LogP) is 3.17. The van der Waals surface area contributed by atoms with Crippen LogP contribution in [0.3, 0.4) is 0 Å². The van der Waals surface area contributed by atoms with Crippen molar-refractivity contribution in [3.63, 3.8) is 0 Å². The number of hydrogen-bond acceptors (Lipinski definition) is 2. The third-order valence-corrected chi connectivity index (χ3v) is 3.66. The van der Waals surface area contributed by atoms with E-state index in [4.69, 9.17) is 5.73 Å². The molecular weight excluding hydrogens is 215 g/mol. The van der Waals surface area contributed by atoms with Crippen LogP contribution in [0.5, 0.6) is 0 Å². The van der Waals surface area contributed by atoms with Crippen molar-refractivity contribution < 1.29 is 4.39 Å². The molecule has 96 valence electrons. The molecule has 2 nitrogen and oxygen atoms in total. The van der Waals surface area contributed by atoms with E-state index in [1.165, 1.54) is 6.07 Å². The molecule has 0 saturated carbocycles. The lowest BCUT2D eigenvalue weighted by Gasteiger charge is -2.42. The lowest BCUT2D eigenvalue weighted by Crippen LogP contribution is -2.52. The minimum absolute atomic E-state index is 0.0669. The summed E-state index contributed by atoms with van der Waals surface area (Å²) in [5.74, 6) is -0.201. The van der Waals surface area contributed by atoms with Gasteiger partial charge in [0.15, 0.2) is 0 Å². The van der Waals surface area contributed by atoms with Crippen LogP contribution in [0.2, 0.25) is 0 Å². The van der Waals surface area contributed by atoms with Gasteiger partial charge in [-0.25, -0.2) is 4.39 Å². The third-order valence-electron chi connectivity index (χ3n) is 3.66. The molecule has 1 rings (SSSR count). The van der Waals surface area contributed by atoms with E-state index in [2.05, 4.69) is 18.7 Å². The summed E-state index contributed by atoms with van der Waals surface area (Å²) < 4.78 is 13.3. The first-order valence-corrected chi connectivity index (χ1v) is 6.29. The highest BCUT2D eigenvalue weighted by Gasteiger charge is 2.30. The molecule has 0 aromatic heterocycles. The van der Waals surface area contributed by atoms with Crippen LogP contribution in [0.4, 0.5) is 10.1 Å². The second kappa shape index (κ2) is 6.01. The molecule has 0 fully saturated rings. The predicted molar refractivity (Wildman–Crippen MR) is 71.8 cm³/mol. The molecule has 17 heavy (non-hydrogen) atoms. The fourth-order valence-corrected chi connectivity index (χ4v) is 2.39. The van der Waals surface area contributed by atoms with E-state index >= 15 is 0 Å². The summed E-state index contributed by atoms with van der Waals surface area (Å²) in [6.07, 6.45) is 3.06. The van der Waals surface area contributed by atoms with Crippen molar-refractivity contribution in [1.82, 2.24) is 0 Å². The Labute approximate surface area is 104 Å². The van der Waals surface area contributed by atoms with Crippen LogP contribution in [0.15, 0.2) is 24.3 Å². The fourth-order valence-electron chi connectivity index (χ4n) is 2.39. The second-order valence-corrected chi connectivity index (χ2v) is 4.57. The minimum Gasteiger partial charge on any atom is -0.368 e. The van der Waals surface area contributed by atoms with Crippen LogP contribution in [-0.2, 0) is 0 Å². The Morgan fingerprint density at radius 2 is 2.06 bits per heavy atom. The van der Waals surface area contributed by atoms with Gasteiger partial charge in [-0.15, -0.1) is 0 Å². The Morgan fingerprint density at radius 1 is 1.35 bits per heavy atom. The van der Waals surface area contributed by atoms with Gasteiger partial charge in [0.25, 0.3) is 0 Å². The Bertz CT molecular complexity index is 348. The van der Waals surface area contributed by atoms with Crippen LogP contribution in [0.1, 0.15) is 33.1 Å². The van der Waals surface area contributed by atoms with Crippen molar-refractivity contribution in [3.05, 3.63) is 30.1 Å². The van der Waals surface area contributed by atoms with E-state index in [0.29, 0.717) is 6.54 Å². The van der Waals surface area contributed by atoms with Gasteiger partial charge in [0, 0.05) is 19.3 Å². The average molecular weight is 238 g/mol. The van der Waals surface area contributed by atoms with Crippen LogP contribution < -0.4 is 10.6 Å². The summed E-state index contributed by atoms with van der Waals surface area (Å²) in [4.78, 5) is 2.12. The van der Waals surface area contributed by atoms with E-state index in [1.807, 2.05) is 13.1 Å². The average Bonchev–Trinajstić information content (AvgIpc) is 2.35. The highest BCUT2D eigenvalue weighted by molar-refractivity contribution is 5.48. The Kier molecular flexibility index (Phi) is 4.94. The fraction of sp³-hybridized carbons (Fsp3) is 0.571. The molecule has 0 spiro atoms. The molecule has 0 amide bonds. The smallest absolute Gasteiger partial charge is 0.125 e. The quantitative estimate of drug-likeness (QED) is 0.824. The van der Waals surface area contributed by atoms with Gasteiger partial charge in [0.05, 0.1) is 5.54 Å². The number of nitrogens with two attached hydrogens (primary N) is 1. The Hall–Kier alpha value is -1.09. The first kappa shape index (κ1) is 14.0. The number of likely N-dealkylation sites (N-methyl/N-ethyl adjacent to an activating group) is 1. The van der Waals surface area contributed by atoms with Gasteiger partial charge in [-0.2, -0.15) is 0 Å². The maximum atomic E-state index is 13.3. The van der Waals surface area contributed by atoms with Gasteiger partial charge < -0.3 is 10.6 Å². The first-order chi connectivity index (χ1) is 8.09. The summed E-state index contributed by atoms with van der Waals surface area (Å²) >= 11 is 0. The molecule has 0 bridgehead atoms. The molecule has 2 N–H and O–H groups in total. The zero-order valence-corrected chi connectivity index (χ0v) is 11.0. The minimum atomic E-state index is -0.201. The Morgan fingerprint density at radius 3 is 2.53 bits per heavy atom. The van der Waals surface area contributed by atoms with Crippen molar-refractivity contribution in [1.29, 1.82) is 0 Å². The van der Waals surface area contributed by atoms with Crippen molar-refractivity contribution in [2.24, 2.45) is 5.73 Å². The normalized spacial score (nSPS) is 14.4. The van der Waals surface area contributed by atoms with E-state index in [9.17, 15) is 4.39 Å². The topological polar surface area (TPSA) is 29.3 Å². The van der Waals surface area contributed by atoms with Gasteiger partial charge in [0.1, 0.15) is 5.82 Å². The number of nitrogens with zero attached hydrogens (tertiary/aromatic N) is 1. The third kappa shape index (κ3) is 2.97. The number of anilines is 1. The summed E-state index contributed by atoms with van der Waals surface area (Å²) in [6, 6.07) is 6.70. The second-order valence-electron chi connectivity index (χ2n) is 4.57. The van der Waals surface area contributed by atoms with Crippen molar-refractivity contribution in [2.75, 3.05) is 18.5 Å². The molecule has 0 radical (unpaired) electrons. The highest BCUT2D eigenvalue weighted by atomic mass is 19.1. The molecule has 1 atom stereocenters. The van der Waals surface area contributed by atoms with Crippen LogP contribution in [0.25, 0.3) is 0 Å². The van der Waals surface area contributed by atoms with Crippen molar-refractivity contribution >= 4 is 5.69 Å². The zero-order valence-electron chi connectivity index (χ0n) is 11.0. The molecular formula is C14H23FN2. The summed E-state index contributed by atoms with van der Waals surface area (Å²) in [5, 5.41) is 0. The van der Waals surface area contributed by atoms with Gasteiger partial charge in [0.2, 0.25) is 0 Å². The molecule has 0 aliphatic heterocycles. The first-order valence-electron chi connectivity index (χ1n) is 6.29. The molecule has 1 aromatic carbocycles.